The fourth-order valence-electron chi connectivity index (χ4n) is 7.10. The minimum Gasteiger partial charge on any atom is -0.481 e. The average Bonchev–Trinajstić information content (AvgIpc) is 2.94. The molecule has 2 fully saturated rings. The predicted octanol–water partition coefficient (Wildman–Crippen LogP) is 6.38. The lowest BCUT2D eigenvalue weighted by atomic mass is 9.67. The molecule has 2 aromatic rings. The molecular weight excluding hydrogens is 540 g/mol. The molecule has 1 aromatic carbocycles. The second-order valence-electron chi connectivity index (χ2n) is 13.5. The van der Waals surface area contributed by atoms with Gasteiger partial charge in [0.05, 0.1) is 7.11 Å². The van der Waals surface area contributed by atoms with E-state index in [9.17, 15) is 9.59 Å². The number of hydrogen-bond acceptors (Lipinski definition) is 6. The number of allylic oxidation sites excluding steroid dienone is 2. The van der Waals surface area contributed by atoms with Crippen molar-refractivity contribution in [2.45, 2.75) is 97.8 Å². The molecule has 8 heteroatoms. The van der Waals surface area contributed by atoms with Crippen LogP contribution in [0.4, 0.5) is 10.5 Å². The molecule has 0 unspecified atom stereocenters. The number of nitrogens with zero attached hydrogens (tertiary/aromatic N) is 3. The monoisotopic (exact) mass is 588 g/mol. The molecule has 1 saturated heterocycles. The number of rotatable bonds is 4. The van der Waals surface area contributed by atoms with E-state index in [2.05, 4.69) is 46.4 Å². The molecule has 3 heterocycles. The molecule has 1 N–H and O–H groups in total. The Morgan fingerprint density at radius 1 is 1.16 bits per heavy atom. The molecule has 2 amide bonds. The Bertz CT molecular complexity index is 1360. The van der Waals surface area contributed by atoms with Gasteiger partial charge in [-0.15, -0.1) is 0 Å². The topological polar surface area (TPSA) is 84.0 Å². The van der Waals surface area contributed by atoms with Gasteiger partial charge in [-0.05, 0) is 109 Å². The normalized spacial score (nSPS) is 19.6. The summed E-state index contributed by atoms with van der Waals surface area (Å²) in [4.78, 5) is 35.1. The van der Waals surface area contributed by atoms with E-state index in [4.69, 9.17) is 9.47 Å². The summed E-state index contributed by atoms with van der Waals surface area (Å²) >= 11 is 0. The Labute approximate surface area is 256 Å². The highest BCUT2D eigenvalue weighted by molar-refractivity contribution is 5.97. The van der Waals surface area contributed by atoms with Gasteiger partial charge in [0.1, 0.15) is 5.60 Å². The fraction of sp³-hybridized carbons (Fsp3) is 0.571. The number of anilines is 1. The zero-order valence-electron chi connectivity index (χ0n) is 26.8. The molecule has 0 atom stereocenters. The molecule has 1 aliphatic carbocycles. The van der Waals surface area contributed by atoms with Crippen LogP contribution in [0.25, 0.3) is 0 Å². The first-order valence-electron chi connectivity index (χ1n) is 15.9. The SMILES string of the molecule is CCN(c1cccc2c1C/C=C\CCc1cc(C)nc(OC)c1CNC2=O)C1CCC2(CC1)CN(C(=O)OC(C)(C)C)C2. The van der Waals surface area contributed by atoms with Crippen LogP contribution in [0, 0.1) is 12.3 Å². The quantitative estimate of drug-likeness (QED) is 0.418. The van der Waals surface area contributed by atoms with Crippen LogP contribution in [0.3, 0.4) is 0 Å². The summed E-state index contributed by atoms with van der Waals surface area (Å²) in [6.45, 7) is 12.7. The zero-order chi connectivity index (χ0) is 30.8. The molecular formula is C35H48N4O4. The van der Waals surface area contributed by atoms with Crippen molar-refractivity contribution in [3.8, 4) is 5.88 Å². The summed E-state index contributed by atoms with van der Waals surface area (Å²) in [7, 11) is 1.63. The maximum absolute atomic E-state index is 13.7. The van der Waals surface area contributed by atoms with Crippen LogP contribution in [0.5, 0.6) is 5.88 Å². The van der Waals surface area contributed by atoms with Crippen LogP contribution in [0.1, 0.15) is 92.5 Å². The zero-order valence-corrected chi connectivity index (χ0v) is 26.8. The molecule has 0 radical (unpaired) electrons. The van der Waals surface area contributed by atoms with Gasteiger partial charge in [-0.25, -0.2) is 9.78 Å². The smallest absolute Gasteiger partial charge is 0.410 e. The van der Waals surface area contributed by atoms with E-state index in [1.165, 1.54) is 0 Å². The Kier molecular flexibility index (Phi) is 9.04. The first kappa shape index (κ1) is 30.9. The Morgan fingerprint density at radius 3 is 2.58 bits per heavy atom. The number of pyridine rings is 1. The van der Waals surface area contributed by atoms with E-state index < -0.39 is 5.60 Å². The predicted molar refractivity (Wildman–Crippen MR) is 170 cm³/mol. The van der Waals surface area contributed by atoms with Crippen LogP contribution in [-0.4, -0.2) is 60.3 Å². The van der Waals surface area contributed by atoms with Crippen molar-refractivity contribution in [2.75, 3.05) is 31.6 Å². The molecule has 8 nitrogen and oxygen atoms in total. The maximum Gasteiger partial charge on any atom is 0.410 e. The van der Waals surface area contributed by atoms with Crippen molar-refractivity contribution in [2.24, 2.45) is 5.41 Å². The van der Waals surface area contributed by atoms with Crippen LogP contribution >= 0.6 is 0 Å². The number of amides is 2. The number of hydrogen-bond donors (Lipinski definition) is 1. The highest BCUT2D eigenvalue weighted by Gasteiger charge is 2.48. The van der Waals surface area contributed by atoms with Crippen molar-refractivity contribution in [3.63, 3.8) is 0 Å². The lowest BCUT2D eigenvalue weighted by Gasteiger charge is -2.54. The van der Waals surface area contributed by atoms with Crippen LogP contribution in [0.15, 0.2) is 36.4 Å². The summed E-state index contributed by atoms with van der Waals surface area (Å²) in [5.74, 6) is 0.507. The van der Waals surface area contributed by atoms with Crippen molar-refractivity contribution >= 4 is 17.7 Å². The third-order valence-corrected chi connectivity index (χ3v) is 9.20. The van der Waals surface area contributed by atoms with Gasteiger partial charge in [-0.1, -0.05) is 18.2 Å². The number of aryl methyl sites for hydroxylation is 2. The fourth-order valence-corrected chi connectivity index (χ4v) is 7.10. The largest absolute Gasteiger partial charge is 0.481 e. The van der Waals surface area contributed by atoms with E-state index in [1.54, 1.807) is 7.11 Å². The third-order valence-electron chi connectivity index (χ3n) is 9.20. The molecule has 43 heavy (non-hydrogen) atoms. The molecule has 0 bridgehead atoms. The highest BCUT2D eigenvalue weighted by Crippen LogP contribution is 2.46. The number of aromatic nitrogens is 1. The average molecular weight is 589 g/mol. The van der Waals surface area contributed by atoms with Gasteiger partial charge >= 0.3 is 6.09 Å². The number of ether oxygens (including phenoxy) is 2. The molecule has 1 saturated carbocycles. The van der Waals surface area contributed by atoms with Crippen molar-refractivity contribution < 1.29 is 19.1 Å². The Morgan fingerprint density at radius 2 is 1.91 bits per heavy atom. The van der Waals surface area contributed by atoms with E-state index in [0.717, 1.165) is 91.8 Å². The summed E-state index contributed by atoms with van der Waals surface area (Å²) in [6.07, 6.45) is 11.1. The number of carbonyl (C=O) groups is 2. The summed E-state index contributed by atoms with van der Waals surface area (Å²) in [5.41, 5.74) is 5.71. The first-order valence-corrected chi connectivity index (χ1v) is 15.9. The van der Waals surface area contributed by atoms with E-state index in [1.807, 2.05) is 44.7 Å². The number of methoxy groups -OCH3 is 1. The van der Waals surface area contributed by atoms with Gasteiger partial charge in [-0.3, -0.25) is 4.79 Å². The summed E-state index contributed by atoms with van der Waals surface area (Å²) in [6, 6.07) is 8.64. The number of benzene rings is 1. The molecule has 232 valence electrons. The maximum atomic E-state index is 13.7. The minimum atomic E-state index is -0.470. The first-order chi connectivity index (χ1) is 20.5. The highest BCUT2D eigenvalue weighted by atomic mass is 16.6. The van der Waals surface area contributed by atoms with Gasteiger partial charge in [0, 0.05) is 60.1 Å². The van der Waals surface area contributed by atoms with Crippen molar-refractivity contribution in [1.29, 1.82) is 0 Å². The van der Waals surface area contributed by atoms with Gasteiger partial charge in [-0.2, -0.15) is 0 Å². The summed E-state index contributed by atoms with van der Waals surface area (Å²) in [5, 5.41) is 3.18. The molecule has 3 aliphatic rings. The number of carbonyl (C=O) groups excluding carboxylic acids is 2. The lowest BCUT2D eigenvalue weighted by molar-refractivity contribution is -0.0505. The molecule has 1 aromatic heterocycles. The standard InChI is InChI=1S/C35H48N4O4/c1-7-39(26-16-18-35(19-17-26)22-38(23-35)33(41)43-34(3,4)5)30-15-11-14-28-27(30)13-10-8-9-12-25-20-24(2)37-32(42-6)29(25)21-36-31(28)40/h8,10-11,14-15,20,26H,7,9,12-13,16-19,21-23H2,1-6H3,(H,36,40)/b10-8-. The summed E-state index contributed by atoms with van der Waals surface area (Å²) < 4.78 is 11.2. The van der Waals surface area contributed by atoms with E-state index in [-0.39, 0.29) is 17.4 Å². The van der Waals surface area contributed by atoms with Gasteiger partial charge in [0.2, 0.25) is 5.88 Å². The number of nitrogens with one attached hydrogen (secondary N) is 1. The lowest BCUT2D eigenvalue weighted by Crippen LogP contribution is -2.61. The molecule has 5 rings (SSSR count). The molecule has 2 aliphatic heterocycles. The van der Waals surface area contributed by atoms with Gasteiger partial charge in [0.25, 0.3) is 5.91 Å². The molecule has 1 spiro atoms. The van der Waals surface area contributed by atoms with Gasteiger partial charge < -0.3 is 24.6 Å². The van der Waals surface area contributed by atoms with Crippen molar-refractivity contribution in [3.05, 3.63) is 64.4 Å². The van der Waals surface area contributed by atoms with Crippen LogP contribution < -0.4 is 15.0 Å². The van der Waals surface area contributed by atoms with Crippen LogP contribution in [-0.2, 0) is 24.1 Å². The third kappa shape index (κ3) is 6.84. The number of fused-ring (bicyclic) bond motifs is 2. The van der Waals surface area contributed by atoms with E-state index >= 15 is 0 Å². The number of likely N-dealkylation sites (tertiary alicyclic amines) is 1. The second-order valence-corrected chi connectivity index (χ2v) is 13.5. The Hall–Kier alpha value is -3.55. The minimum absolute atomic E-state index is 0.0743. The Balaban J connectivity index is 1.32. The van der Waals surface area contributed by atoms with Gasteiger partial charge in [0.15, 0.2) is 0 Å². The van der Waals surface area contributed by atoms with Crippen molar-refractivity contribution in [1.82, 2.24) is 15.2 Å². The van der Waals surface area contributed by atoms with Crippen LogP contribution in [0.2, 0.25) is 0 Å². The second kappa shape index (κ2) is 12.6. The van der Waals surface area contributed by atoms with E-state index in [0.29, 0.717) is 24.9 Å².